The molecule has 0 spiro atoms. The maximum atomic E-state index is 12.7. The number of hydrogen-bond donors (Lipinski definition) is 1. The summed E-state index contributed by atoms with van der Waals surface area (Å²) in [7, 11) is 0. The number of nitrogens with zero attached hydrogens (tertiary/aromatic N) is 3. The maximum Gasteiger partial charge on any atom is 0.240 e. The molecule has 0 radical (unpaired) electrons. The standard InChI is InChI=1S/C14H18N4OS/c1-3-18(4-2)14(19)13(11-8-6-5-7-9-11)20-12-10-15-17-16-12/h5-10,13H,3-4H2,1-2H3,(H,15,16,17). The van der Waals surface area contributed by atoms with Gasteiger partial charge in [-0.1, -0.05) is 42.1 Å². The van der Waals surface area contributed by atoms with E-state index in [4.69, 9.17) is 0 Å². The Balaban J connectivity index is 2.26. The number of benzene rings is 1. The molecule has 1 aromatic carbocycles. The van der Waals surface area contributed by atoms with E-state index in [1.165, 1.54) is 11.8 Å². The van der Waals surface area contributed by atoms with E-state index in [0.29, 0.717) is 13.1 Å². The van der Waals surface area contributed by atoms with Crippen LogP contribution in [0, 0.1) is 0 Å². The van der Waals surface area contributed by atoms with Gasteiger partial charge in [-0.2, -0.15) is 10.3 Å². The zero-order valence-corrected chi connectivity index (χ0v) is 12.4. The van der Waals surface area contributed by atoms with E-state index in [1.54, 1.807) is 6.20 Å². The van der Waals surface area contributed by atoms with Gasteiger partial charge in [-0.3, -0.25) is 4.79 Å². The second-order valence-electron chi connectivity index (χ2n) is 4.23. The minimum Gasteiger partial charge on any atom is -0.342 e. The first-order valence-electron chi connectivity index (χ1n) is 6.62. The van der Waals surface area contributed by atoms with Crippen molar-refractivity contribution in [2.45, 2.75) is 24.1 Å². The Morgan fingerprint density at radius 1 is 1.30 bits per heavy atom. The molecule has 1 amide bonds. The van der Waals surface area contributed by atoms with E-state index in [2.05, 4.69) is 15.4 Å². The van der Waals surface area contributed by atoms with Crippen LogP contribution >= 0.6 is 11.8 Å². The number of carbonyl (C=O) groups is 1. The average Bonchev–Trinajstić information content (AvgIpc) is 3.00. The average molecular weight is 290 g/mol. The number of likely N-dealkylation sites (N-methyl/N-ethyl adjacent to an activating group) is 1. The SMILES string of the molecule is CCN(CC)C(=O)C(Sc1cn[nH]n1)c1ccccc1. The summed E-state index contributed by atoms with van der Waals surface area (Å²) in [4.78, 5) is 14.5. The van der Waals surface area contributed by atoms with Gasteiger partial charge in [0.1, 0.15) is 10.3 Å². The third kappa shape index (κ3) is 3.39. The van der Waals surface area contributed by atoms with Gasteiger partial charge in [-0.25, -0.2) is 0 Å². The molecule has 1 heterocycles. The van der Waals surface area contributed by atoms with Crippen molar-refractivity contribution in [3.63, 3.8) is 0 Å². The molecule has 1 aromatic heterocycles. The second-order valence-corrected chi connectivity index (χ2v) is 5.35. The van der Waals surface area contributed by atoms with Crippen LogP contribution in [0.3, 0.4) is 0 Å². The van der Waals surface area contributed by atoms with Gasteiger partial charge in [0.05, 0.1) is 6.20 Å². The molecule has 6 heteroatoms. The highest BCUT2D eigenvalue weighted by Crippen LogP contribution is 2.35. The Morgan fingerprint density at radius 3 is 2.55 bits per heavy atom. The molecule has 0 aliphatic rings. The Bertz CT molecular complexity index is 525. The van der Waals surface area contributed by atoms with Gasteiger partial charge >= 0.3 is 0 Å². The van der Waals surface area contributed by atoms with Crippen LogP contribution in [0.1, 0.15) is 24.7 Å². The van der Waals surface area contributed by atoms with Crippen molar-refractivity contribution < 1.29 is 4.79 Å². The van der Waals surface area contributed by atoms with Crippen molar-refractivity contribution in [3.05, 3.63) is 42.1 Å². The number of thioether (sulfide) groups is 1. The maximum absolute atomic E-state index is 12.7. The lowest BCUT2D eigenvalue weighted by atomic mass is 10.1. The monoisotopic (exact) mass is 290 g/mol. The summed E-state index contributed by atoms with van der Waals surface area (Å²) < 4.78 is 0. The van der Waals surface area contributed by atoms with Crippen molar-refractivity contribution in [2.24, 2.45) is 0 Å². The van der Waals surface area contributed by atoms with Crippen LogP contribution in [0.15, 0.2) is 41.6 Å². The molecule has 2 aromatic rings. The highest BCUT2D eigenvalue weighted by Gasteiger charge is 2.26. The van der Waals surface area contributed by atoms with E-state index in [1.807, 2.05) is 49.1 Å². The molecule has 0 bridgehead atoms. The molecule has 5 nitrogen and oxygen atoms in total. The van der Waals surface area contributed by atoms with E-state index >= 15 is 0 Å². The lowest BCUT2D eigenvalue weighted by molar-refractivity contribution is -0.130. The molecule has 0 saturated heterocycles. The smallest absolute Gasteiger partial charge is 0.240 e. The van der Waals surface area contributed by atoms with Crippen molar-refractivity contribution in [3.8, 4) is 0 Å². The van der Waals surface area contributed by atoms with Crippen molar-refractivity contribution in [1.29, 1.82) is 0 Å². The van der Waals surface area contributed by atoms with E-state index in [-0.39, 0.29) is 11.2 Å². The zero-order chi connectivity index (χ0) is 14.4. The molecule has 106 valence electrons. The fourth-order valence-electron chi connectivity index (χ4n) is 1.96. The Labute approximate surface area is 122 Å². The molecule has 1 N–H and O–H groups in total. The van der Waals surface area contributed by atoms with Gasteiger partial charge in [0.2, 0.25) is 5.91 Å². The largest absolute Gasteiger partial charge is 0.342 e. The number of rotatable bonds is 6. The highest BCUT2D eigenvalue weighted by molar-refractivity contribution is 8.00. The number of H-pyrrole nitrogens is 1. The number of aromatic nitrogens is 3. The van der Waals surface area contributed by atoms with Gasteiger partial charge in [0.25, 0.3) is 0 Å². The number of hydrogen-bond acceptors (Lipinski definition) is 4. The van der Waals surface area contributed by atoms with Gasteiger partial charge in [-0.15, -0.1) is 5.10 Å². The highest BCUT2D eigenvalue weighted by atomic mass is 32.2. The molecular weight excluding hydrogens is 272 g/mol. The molecule has 2 rings (SSSR count). The summed E-state index contributed by atoms with van der Waals surface area (Å²) in [5.41, 5.74) is 0.984. The van der Waals surface area contributed by atoms with Gasteiger partial charge in [0, 0.05) is 13.1 Å². The summed E-state index contributed by atoms with van der Waals surface area (Å²) in [6.07, 6.45) is 1.64. The normalized spacial score (nSPS) is 12.1. The fraction of sp³-hybridized carbons (Fsp3) is 0.357. The van der Waals surface area contributed by atoms with Crippen molar-refractivity contribution in [1.82, 2.24) is 20.3 Å². The van der Waals surface area contributed by atoms with Crippen LogP contribution in [-0.2, 0) is 4.79 Å². The van der Waals surface area contributed by atoms with E-state index in [9.17, 15) is 4.79 Å². The third-order valence-electron chi connectivity index (χ3n) is 3.03. The quantitative estimate of drug-likeness (QED) is 0.830. The Hall–Kier alpha value is -1.82. The van der Waals surface area contributed by atoms with Crippen LogP contribution in [0.5, 0.6) is 0 Å². The summed E-state index contributed by atoms with van der Waals surface area (Å²) in [6.45, 7) is 5.39. The van der Waals surface area contributed by atoms with Crippen molar-refractivity contribution in [2.75, 3.05) is 13.1 Å². The molecule has 0 aliphatic carbocycles. The fourth-order valence-corrected chi connectivity index (χ4v) is 2.95. The lowest BCUT2D eigenvalue weighted by Crippen LogP contribution is -2.33. The van der Waals surface area contributed by atoms with Gasteiger partial charge < -0.3 is 4.90 Å². The molecule has 0 aliphatic heterocycles. The molecule has 1 unspecified atom stereocenters. The number of nitrogens with one attached hydrogen (secondary N) is 1. The molecule has 0 fully saturated rings. The Kier molecular flexibility index (Phi) is 5.17. The molecular formula is C14H18N4OS. The van der Waals surface area contributed by atoms with Gasteiger partial charge in [-0.05, 0) is 19.4 Å². The Morgan fingerprint density at radius 2 is 2.00 bits per heavy atom. The van der Waals surface area contributed by atoms with Crippen LogP contribution in [0.25, 0.3) is 0 Å². The predicted octanol–water partition coefficient (Wildman–Crippen LogP) is 2.51. The van der Waals surface area contributed by atoms with Crippen LogP contribution in [0.2, 0.25) is 0 Å². The predicted molar refractivity (Wildman–Crippen MR) is 79.4 cm³/mol. The minimum absolute atomic E-state index is 0.106. The first kappa shape index (κ1) is 14.6. The summed E-state index contributed by atoms with van der Waals surface area (Å²) in [5, 5.41) is 10.8. The number of amides is 1. The molecule has 20 heavy (non-hydrogen) atoms. The zero-order valence-electron chi connectivity index (χ0n) is 11.6. The first-order chi connectivity index (χ1) is 9.76. The minimum atomic E-state index is -0.291. The number of aromatic amines is 1. The first-order valence-corrected chi connectivity index (χ1v) is 7.50. The third-order valence-corrected chi connectivity index (χ3v) is 4.18. The lowest BCUT2D eigenvalue weighted by Gasteiger charge is -2.24. The van der Waals surface area contributed by atoms with Crippen LogP contribution in [-0.4, -0.2) is 39.3 Å². The molecule has 0 saturated carbocycles. The van der Waals surface area contributed by atoms with Gasteiger partial charge in [0.15, 0.2) is 0 Å². The van der Waals surface area contributed by atoms with E-state index in [0.717, 1.165) is 10.6 Å². The summed E-state index contributed by atoms with van der Waals surface area (Å²) in [6, 6.07) is 9.78. The van der Waals surface area contributed by atoms with Crippen LogP contribution in [0.4, 0.5) is 0 Å². The number of carbonyl (C=O) groups excluding carboxylic acids is 1. The second kappa shape index (κ2) is 7.09. The summed E-state index contributed by atoms with van der Waals surface area (Å²) in [5.74, 6) is 0.106. The molecule has 1 atom stereocenters. The van der Waals surface area contributed by atoms with E-state index < -0.39 is 0 Å². The van der Waals surface area contributed by atoms with Crippen molar-refractivity contribution >= 4 is 17.7 Å². The van der Waals surface area contributed by atoms with Crippen LogP contribution < -0.4 is 0 Å². The topological polar surface area (TPSA) is 61.9 Å². The summed E-state index contributed by atoms with van der Waals surface area (Å²) >= 11 is 1.42.